The highest BCUT2D eigenvalue weighted by Gasteiger charge is 2.29. The van der Waals surface area contributed by atoms with Crippen LogP contribution in [0.15, 0.2) is 24.3 Å². The Balaban J connectivity index is 2.16. The van der Waals surface area contributed by atoms with Crippen LogP contribution in [0, 0.1) is 0 Å². The Morgan fingerprint density at radius 1 is 0.735 bits per heavy atom. The number of benzene rings is 1. The van der Waals surface area contributed by atoms with Crippen LogP contribution in [-0.2, 0) is 4.57 Å². The molecule has 0 aromatic heterocycles. The third-order valence-electron chi connectivity index (χ3n) is 6.44. The van der Waals surface area contributed by atoms with E-state index in [1.54, 1.807) is 24.3 Å². The summed E-state index contributed by atoms with van der Waals surface area (Å²) in [5.74, 6) is 0.647. The molecule has 2 N–H and O–H groups in total. The zero-order valence-corrected chi connectivity index (χ0v) is 22.8. The quantitative estimate of drug-likeness (QED) is 0.116. The summed E-state index contributed by atoms with van der Waals surface area (Å²) < 4.78 is 34.1. The minimum atomic E-state index is -4.20. The van der Waals surface area contributed by atoms with E-state index in [0.29, 0.717) is 37.2 Å². The molecule has 1 rings (SSSR count). The van der Waals surface area contributed by atoms with Gasteiger partial charge in [-0.15, -0.1) is 0 Å². The molecule has 0 fully saturated rings. The zero-order valence-electron chi connectivity index (χ0n) is 23.9. The number of hydrogen-bond donors (Lipinski definition) is 2. The lowest BCUT2D eigenvalue weighted by atomic mass is 10.0. The molecule has 5 heteroatoms. The van der Waals surface area contributed by atoms with E-state index in [2.05, 4.69) is 6.92 Å². The Hall–Kier alpha value is -0.830. The molecule has 3 unspecified atom stereocenters. The fourth-order valence-electron chi connectivity index (χ4n) is 4.28. The van der Waals surface area contributed by atoms with E-state index in [0.717, 1.165) is 25.7 Å². The molecular formula is C29H53O4P. The lowest BCUT2D eigenvalue weighted by Gasteiger charge is -2.19. The molecule has 4 nitrogen and oxygen atoms in total. The van der Waals surface area contributed by atoms with Crippen molar-refractivity contribution in [2.45, 2.75) is 141 Å². The van der Waals surface area contributed by atoms with Gasteiger partial charge in [0.1, 0.15) is 5.75 Å². The Kier molecular flexibility index (Phi) is 16.6. The average molecular weight is 501 g/mol. The second-order valence-electron chi connectivity index (χ2n) is 9.59. The predicted molar refractivity (Wildman–Crippen MR) is 146 cm³/mol. The van der Waals surface area contributed by atoms with Crippen molar-refractivity contribution < 1.29 is 21.8 Å². The van der Waals surface area contributed by atoms with E-state index in [4.69, 9.17) is 7.48 Å². The van der Waals surface area contributed by atoms with Crippen LogP contribution >= 0.6 is 7.60 Å². The molecule has 0 saturated heterocycles. The fraction of sp³-hybridized carbons (Fsp3) is 0.793. The van der Waals surface area contributed by atoms with Crippen LogP contribution in [0.25, 0.3) is 0 Å². The van der Waals surface area contributed by atoms with Crippen LogP contribution in [0.4, 0.5) is 0 Å². The van der Waals surface area contributed by atoms with Gasteiger partial charge in [-0.25, -0.2) is 0 Å². The van der Waals surface area contributed by atoms with Gasteiger partial charge < -0.3 is 14.5 Å². The number of rotatable bonds is 23. The normalized spacial score (nSPS) is 15.4. The van der Waals surface area contributed by atoms with E-state index < -0.39 is 13.3 Å². The molecule has 3 atom stereocenters. The molecule has 34 heavy (non-hydrogen) atoms. The van der Waals surface area contributed by atoms with Gasteiger partial charge >= 0.3 is 7.60 Å². The van der Waals surface area contributed by atoms with Gasteiger partial charge in [-0.1, -0.05) is 135 Å². The molecule has 1 aromatic rings. The molecule has 0 aliphatic rings. The molecule has 0 heterocycles. The highest BCUT2D eigenvalue weighted by atomic mass is 31.2. The van der Waals surface area contributed by atoms with Crippen molar-refractivity contribution in [3.8, 4) is 5.75 Å². The highest BCUT2D eigenvalue weighted by Crippen LogP contribution is 2.54. The van der Waals surface area contributed by atoms with Crippen molar-refractivity contribution in [2.75, 3.05) is 6.61 Å². The van der Waals surface area contributed by atoms with Gasteiger partial charge in [-0.3, -0.25) is 4.57 Å². The topological polar surface area (TPSA) is 66.8 Å². The number of ether oxygens (including phenoxy) is 1. The summed E-state index contributed by atoms with van der Waals surface area (Å²) in [6.07, 6.45) is 18.1. The van der Waals surface area contributed by atoms with Gasteiger partial charge in [0, 0.05) is 2.74 Å². The van der Waals surface area contributed by atoms with E-state index in [9.17, 15) is 14.4 Å². The van der Waals surface area contributed by atoms with Crippen molar-refractivity contribution in [3.63, 3.8) is 0 Å². The largest absolute Gasteiger partial charge is 0.494 e. The summed E-state index contributed by atoms with van der Waals surface area (Å²) in [6.45, 7) is 4.68. The summed E-state index contributed by atoms with van der Waals surface area (Å²) in [7, 11) is -4.20. The van der Waals surface area contributed by atoms with Crippen LogP contribution in [-0.4, -0.2) is 16.4 Å². The van der Waals surface area contributed by atoms with E-state index >= 15 is 0 Å². The Morgan fingerprint density at radius 3 is 1.76 bits per heavy atom. The maximum atomic E-state index is 11.9. The standard InChI is InChI=1S/C29H53O4P/c1-3-5-7-8-9-10-11-12-13-14-15-16-17-18-19-20-26-33-28-24-22-27(23-25-28)29(21-6-4-2)34(30,31)32/h22-25,29H,3-21,26H2,1-2H3,(H2,30,31,32)/i17T,19T. The first kappa shape index (κ1) is 27.8. The highest BCUT2D eigenvalue weighted by molar-refractivity contribution is 7.52. The first-order valence-electron chi connectivity index (χ1n) is 15.1. The Morgan fingerprint density at radius 2 is 1.24 bits per heavy atom. The number of unbranched alkanes of at least 4 members (excludes halogenated alkanes) is 11. The van der Waals surface area contributed by atoms with Gasteiger partial charge in [0.2, 0.25) is 0 Å². The van der Waals surface area contributed by atoms with Gasteiger partial charge in [0.15, 0.2) is 0 Å². The lowest BCUT2D eigenvalue weighted by molar-refractivity contribution is 0.304. The van der Waals surface area contributed by atoms with Gasteiger partial charge in [-0.2, -0.15) is 0 Å². The van der Waals surface area contributed by atoms with Crippen LogP contribution in [0.1, 0.15) is 150 Å². The monoisotopic (exact) mass is 500 g/mol. The smallest absolute Gasteiger partial charge is 0.332 e. The Bertz CT molecular complexity index is 695. The summed E-state index contributed by atoms with van der Waals surface area (Å²) in [6, 6.07) is 6.98. The summed E-state index contributed by atoms with van der Waals surface area (Å²) in [5.41, 5.74) is -0.125. The number of hydrogen-bond acceptors (Lipinski definition) is 2. The summed E-state index contributed by atoms with van der Waals surface area (Å²) >= 11 is 0. The van der Waals surface area contributed by atoms with E-state index in [-0.39, 0.29) is 12.8 Å². The van der Waals surface area contributed by atoms with Crippen molar-refractivity contribution in [2.24, 2.45) is 0 Å². The van der Waals surface area contributed by atoms with Crippen molar-refractivity contribution >= 4 is 7.60 Å². The minimum Gasteiger partial charge on any atom is -0.494 e. The first-order chi connectivity index (χ1) is 17.3. The second kappa shape index (κ2) is 20.4. The van der Waals surface area contributed by atoms with Crippen molar-refractivity contribution in [1.29, 1.82) is 0 Å². The van der Waals surface area contributed by atoms with E-state index in [1.807, 2.05) is 6.92 Å². The van der Waals surface area contributed by atoms with Crippen molar-refractivity contribution in [1.82, 2.24) is 0 Å². The molecule has 0 aliphatic carbocycles. The molecule has 198 valence electrons. The predicted octanol–water partition coefficient (Wildman–Crippen LogP) is 9.74. The molecule has 0 spiro atoms. The maximum Gasteiger partial charge on any atom is 0.332 e. The summed E-state index contributed by atoms with van der Waals surface area (Å²) in [4.78, 5) is 19.4. The van der Waals surface area contributed by atoms with Crippen LogP contribution in [0.3, 0.4) is 0 Å². The first-order valence-corrected chi connectivity index (χ1v) is 15.6. The van der Waals surface area contributed by atoms with Gasteiger partial charge in [-0.05, 0) is 30.5 Å². The summed E-state index contributed by atoms with van der Waals surface area (Å²) in [5, 5.41) is 0. The van der Waals surface area contributed by atoms with Gasteiger partial charge in [0.05, 0.1) is 12.3 Å². The fourth-order valence-corrected chi connectivity index (χ4v) is 5.36. The molecule has 0 bridgehead atoms. The molecule has 1 aromatic carbocycles. The molecular weight excluding hydrogens is 443 g/mol. The molecule has 0 aliphatic heterocycles. The molecule has 0 radical (unpaired) electrons. The molecule has 0 saturated carbocycles. The van der Waals surface area contributed by atoms with Crippen molar-refractivity contribution in [3.05, 3.63) is 29.8 Å². The Labute approximate surface area is 213 Å². The van der Waals surface area contributed by atoms with Crippen LogP contribution in [0.2, 0.25) is 0 Å². The zero-order chi connectivity index (χ0) is 26.7. The van der Waals surface area contributed by atoms with E-state index in [1.165, 1.54) is 64.2 Å². The maximum absolute atomic E-state index is 11.9. The lowest BCUT2D eigenvalue weighted by Crippen LogP contribution is -2.01. The average Bonchev–Trinajstić information content (AvgIpc) is 2.83. The molecule has 0 amide bonds. The van der Waals surface area contributed by atoms with Crippen LogP contribution < -0.4 is 4.74 Å². The van der Waals surface area contributed by atoms with Gasteiger partial charge in [0.25, 0.3) is 0 Å². The third-order valence-corrected chi connectivity index (χ3v) is 7.81. The van der Waals surface area contributed by atoms with Crippen LogP contribution in [0.5, 0.6) is 5.75 Å². The third kappa shape index (κ3) is 16.0. The SMILES string of the molecule is [3H]C(CCCCCCCCCCCCC)CC([3H])CCOc1ccc(C(CCCC)P(=O)(O)O)cc1. The second-order valence-corrected chi connectivity index (χ2v) is 11.4. The minimum absolute atomic E-state index is 0.168.